The van der Waals surface area contributed by atoms with E-state index in [1.807, 2.05) is 12.1 Å². The molecule has 25 heavy (non-hydrogen) atoms. The Hall–Kier alpha value is -1.95. The lowest BCUT2D eigenvalue weighted by Gasteiger charge is -2.24. The van der Waals surface area contributed by atoms with E-state index < -0.39 is 0 Å². The number of rotatable bonds is 6. The molecule has 2 rings (SSSR count). The fourth-order valence-corrected chi connectivity index (χ4v) is 3.40. The van der Waals surface area contributed by atoms with Crippen LogP contribution in [0.15, 0.2) is 18.2 Å². The molecule has 1 saturated heterocycles. The number of urea groups is 1. The fraction of sp³-hybridized carbons (Fsp3) is 0.632. The van der Waals surface area contributed by atoms with Crippen molar-refractivity contribution in [1.82, 2.24) is 15.1 Å². The van der Waals surface area contributed by atoms with E-state index in [0.29, 0.717) is 11.8 Å². The molecule has 1 aromatic rings. The molecule has 1 aliphatic heterocycles. The number of carbonyl (C=O) groups is 1. The van der Waals surface area contributed by atoms with E-state index in [1.54, 1.807) is 33.2 Å². The molecule has 0 unspecified atom stereocenters. The number of nitrogens with one attached hydrogen (secondary N) is 1. The Morgan fingerprint density at radius 3 is 2.48 bits per heavy atom. The van der Waals surface area contributed by atoms with Crippen LogP contribution in [0.3, 0.4) is 0 Å². The maximum atomic E-state index is 12.1. The van der Waals surface area contributed by atoms with Gasteiger partial charge in [0.1, 0.15) is 0 Å². The standard InChI is InChI=1S/C19H31N3O3/c1-13(2)15-11-22(12-16(15)20-19(23)21(3)4)10-14-7-8-17(24-5)18(9-14)25-6/h7-9,13,15-16H,10-12H2,1-6H3,(H,20,23)/t15-,16+/m0/s1. The molecule has 0 aromatic heterocycles. The summed E-state index contributed by atoms with van der Waals surface area (Å²) in [6.07, 6.45) is 0. The van der Waals surface area contributed by atoms with Crippen LogP contribution in [0.4, 0.5) is 4.79 Å². The zero-order valence-corrected chi connectivity index (χ0v) is 16.2. The zero-order chi connectivity index (χ0) is 18.6. The van der Waals surface area contributed by atoms with Gasteiger partial charge >= 0.3 is 6.03 Å². The van der Waals surface area contributed by atoms with Crippen molar-refractivity contribution in [3.63, 3.8) is 0 Å². The topological polar surface area (TPSA) is 54.0 Å². The third kappa shape index (κ3) is 4.78. The molecule has 2 amide bonds. The number of benzene rings is 1. The first-order chi connectivity index (χ1) is 11.8. The molecular weight excluding hydrogens is 318 g/mol. The van der Waals surface area contributed by atoms with Gasteiger partial charge in [0.05, 0.1) is 14.2 Å². The van der Waals surface area contributed by atoms with Crippen LogP contribution in [0.1, 0.15) is 19.4 Å². The largest absolute Gasteiger partial charge is 0.493 e. The first-order valence-corrected chi connectivity index (χ1v) is 8.76. The molecule has 1 N–H and O–H groups in total. The summed E-state index contributed by atoms with van der Waals surface area (Å²) in [6, 6.07) is 6.18. The van der Waals surface area contributed by atoms with Gasteiger partial charge in [-0.1, -0.05) is 19.9 Å². The maximum absolute atomic E-state index is 12.1. The quantitative estimate of drug-likeness (QED) is 0.857. The molecule has 140 valence electrons. The minimum Gasteiger partial charge on any atom is -0.493 e. The van der Waals surface area contributed by atoms with Gasteiger partial charge in [-0.3, -0.25) is 4.90 Å². The van der Waals surface area contributed by atoms with Crippen LogP contribution >= 0.6 is 0 Å². The third-order valence-electron chi connectivity index (χ3n) is 4.87. The summed E-state index contributed by atoms with van der Waals surface area (Å²) in [5.41, 5.74) is 1.18. The minimum absolute atomic E-state index is 0.0244. The molecular formula is C19H31N3O3. The van der Waals surface area contributed by atoms with Crippen LogP contribution in [0.5, 0.6) is 11.5 Å². The van der Waals surface area contributed by atoms with E-state index in [0.717, 1.165) is 31.1 Å². The highest BCUT2D eigenvalue weighted by molar-refractivity contribution is 5.73. The summed E-state index contributed by atoms with van der Waals surface area (Å²) in [5, 5.41) is 3.17. The van der Waals surface area contributed by atoms with Crippen LogP contribution in [0.25, 0.3) is 0 Å². The van der Waals surface area contributed by atoms with Gasteiger partial charge < -0.3 is 19.7 Å². The van der Waals surface area contributed by atoms with E-state index in [2.05, 4.69) is 30.1 Å². The molecule has 0 aliphatic carbocycles. The number of methoxy groups -OCH3 is 2. The molecule has 0 bridgehead atoms. The molecule has 0 spiro atoms. The lowest BCUT2D eigenvalue weighted by atomic mass is 9.91. The van der Waals surface area contributed by atoms with E-state index in [9.17, 15) is 4.79 Å². The average Bonchev–Trinajstić information content (AvgIpc) is 2.97. The zero-order valence-electron chi connectivity index (χ0n) is 16.2. The van der Waals surface area contributed by atoms with Crippen molar-refractivity contribution < 1.29 is 14.3 Å². The number of carbonyl (C=O) groups excluding carboxylic acids is 1. The number of hydrogen-bond donors (Lipinski definition) is 1. The van der Waals surface area contributed by atoms with Crippen molar-refractivity contribution in [1.29, 1.82) is 0 Å². The second-order valence-corrected chi connectivity index (χ2v) is 7.24. The van der Waals surface area contributed by atoms with Crippen LogP contribution < -0.4 is 14.8 Å². The normalized spacial score (nSPS) is 20.6. The van der Waals surface area contributed by atoms with Gasteiger partial charge in [-0.25, -0.2) is 4.79 Å². The Balaban J connectivity index is 2.07. The van der Waals surface area contributed by atoms with Crippen molar-refractivity contribution in [3.05, 3.63) is 23.8 Å². The predicted octanol–water partition coefficient (Wildman–Crippen LogP) is 2.43. The Kier molecular flexibility index (Phi) is 6.53. The van der Waals surface area contributed by atoms with E-state index in [-0.39, 0.29) is 12.1 Å². The Morgan fingerprint density at radius 2 is 1.92 bits per heavy atom. The second kappa shape index (κ2) is 8.43. The molecule has 2 atom stereocenters. The van der Waals surface area contributed by atoms with Crippen LogP contribution in [0.2, 0.25) is 0 Å². The Bertz CT molecular complexity index is 589. The second-order valence-electron chi connectivity index (χ2n) is 7.24. The smallest absolute Gasteiger partial charge is 0.317 e. The summed E-state index contributed by atoms with van der Waals surface area (Å²) in [6.45, 7) is 7.11. The minimum atomic E-state index is -0.0244. The number of hydrogen-bond acceptors (Lipinski definition) is 4. The summed E-state index contributed by atoms with van der Waals surface area (Å²) >= 11 is 0. The Morgan fingerprint density at radius 1 is 1.24 bits per heavy atom. The van der Waals surface area contributed by atoms with Gasteiger partial charge in [-0.15, -0.1) is 0 Å². The van der Waals surface area contributed by atoms with Gasteiger partial charge in [0.25, 0.3) is 0 Å². The van der Waals surface area contributed by atoms with Crippen molar-refractivity contribution in [3.8, 4) is 11.5 Å². The van der Waals surface area contributed by atoms with E-state index in [4.69, 9.17) is 9.47 Å². The average molecular weight is 349 g/mol. The molecule has 1 aliphatic rings. The highest BCUT2D eigenvalue weighted by Crippen LogP contribution is 2.30. The highest BCUT2D eigenvalue weighted by atomic mass is 16.5. The van der Waals surface area contributed by atoms with Gasteiger partial charge in [0.2, 0.25) is 0 Å². The summed E-state index contributed by atoms with van der Waals surface area (Å²) in [5.74, 6) is 2.45. The predicted molar refractivity (Wildman–Crippen MR) is 99.2 cm³/mol. The molecule has 1 fully saturated rings. The van der Waals surface area contributed by atoms with Crippen LogP contribution in [-0.2, 0) is 6.54 Å². The molecule has 0 radical (unpaired) electrons. The van der Waals surface area contributed by atoms with Crippen molar-refractivity contribution in [2.45, 2.75) is 26.4 Å². The lowest BCUT2D eigenvalue weighted by molar-refractivity contribution is 0.207. The van der Waals surface area contributed by atoms with Crippen molar-refractivity contribution in [2.24, 2.45) is 11.8 Å². The molecule has 6 heteroatoms. The Labute approximate surface area is 151 Å². The van der Waals surface area contributed by atoms with E-state index in [1.165, 1.54) is 5.56 Å². The third-order valence-corrected chi connectivity index (χ3v) is 4.87. The van der Waals surface area contributed by atoms with Crippen LogP contribution in [0, 0.1) is 11.8 Å². The fourth-order valence-electron chi connectivity index (χ4n) is 3.40. The summed E-state index contributed by atoms with van der Waals surface area (Å²) in [4.78, 5) is 16.0. The maximum Gasteiger partial charge on any atom is 0.317 e. The first kappa shape index (κ1) is 19.4. The van der Waals surface area contributed by atoms with Crippen molar-refractivity contribution in [2.75, 3.05) is 41.4 Å². The molecule has 1 aromatic carbocycles. The lowest BCUT2D eigenvalue weighted by Crippen LogP contribution is -2.46. The number of ether oxygens (including phenoxy) is 2. The van der Waals surface area contributed by atoms with E-state index >= 15 is 0 Å². The summed E-state index contributed by atoms with van der Waals surface area (Å²) in [7, 11) is 6.84. The first-order valence-electron chi connectivity index (χ1n) is 8.76. The molecule has 1 heterocycles. The SMILES string of the molecule is COc1ccc(CN2C[C@@H](NC(=O)N(C)C)[C@H](C(C)C)C2)cc1OC. The van der Waals surface area contributed by atoms with Crippen molar-refractivity contribution >= 4 is 6.03 Å². The summed E-state index contributed by atoms with van der Waals surface area (Å²) < 4.78 is 10.7. The number of nitrogens with zero attached hydrogens (tertiary/aromatic N) is 2. The van der Waals surface area contributed by atoms with Gasteiger partial charge in [0.15, 0.2) is 11.5 Å². The van der Waals surface area contributed by atoms with Gasteiger partial charge in [-0.2, -0.15) is 0 Å². The van der Waals surface area contributed by atoms with Gasteiger partial charge in [-0.05, 0) is 29.5 Å². The van der Waals surface area contributed by atoms with Gasteiger partial charge in [0, 0.05) is 39.8 Å². The van der Waals surface area contributed by atoms with Crippen LogP contribution in [-0.4, -0.2) is 63.3 Å². The molecule has 6 nitrogen and oxygen atoms in total. The monoisotopic (exact) mass is 349 g/mol. The molecule has 0 saturated carbocycles. The number of amides is 2. The highest BCUT2D eigenvalue weighted by Gasteiger charge is 2.35. The number of likely N-dealkylation sites (tertiary alicyclic amines) is 1.